The molecule has 0 saturated carbocycles. The van der Waals surface area contributed by atoms with Gasteiger partial charge in [-0.2, -0.15) is 33.2 Å². The molecule has 1 aliphatic rings. The smallest absolute Gasteiger partial charge is 0.110 e. The average molecular weight is 265 g/mol. The van der Waals surface area contributed by atoms with E-state index in [1.165, 1.54) is 0 Å². The van der Waals surface area contributed by atoms with E-state index in [0.29, 0.717) is 26.6 Å². The molecular formula is C7H23N9O2. The lowest BCUT2D eigenvalue weighted by Crippen LogP contribution is -2.63. The number of nitrogens with one attached hydrogen (secondary N) is 9. The van der Waals surface area contributed by atoms with E-state index in [0.717, 1.165) is 19.6 Å². The number of hydrogen-bond donors (Lipinski definition) is 9. The number of ether oxygens (including phenoxy) is 2. The van der Waals surface area contributed by atoms with Gasteiger partial charge in [-0.05, 0) is 0 Å². The molecule has 0 aromatic carbocycles. The molecule has 0 radical (unpaired) electrons. The molecule has 0 bridgehead atoms. The lowest BCUT2D eigenvalue weighted by Gasteiger charge is -2.14. The highest BCUT2D eigenvalue weighted by atomic mass is 16.5. The summed E-state index contributed by atoms with van der Waals surface area (Å²) in [5, 5.41) is 3.22. The number of hydrogen-bond acceptors (Lipinski definition) is 11. The Kier molecular flexibility index (Phi) is 11.3. The minimum atomic E-state index is 0.365. The average Bonchev–Trinajstić information content (AvgIpc) is 2.39. The predicted molar refractivity (Wildman–Crippen MR) is 64.5 cm³/mol. The van der Waals surface area contributed by atoms with E-state index in [-0.39, 0.29) is 0 Å². The highest BCUT2D eigenvalue weighted by molar-refractivity contribution is 4.47. The monoisotopic (exact) mass is 265 g/mol. The van der Waals surface area contributed by atoms with Crippen molar-refractivity contribution in [3.05, 3.63) is 0 Å². The van der Waals surface area contributed by atoms with E-state index < -0.39 is 0 Å². The molecule has 108 valence electrons. The number of rotatable bonds is 0. The van der Waals surface area contributed by atoms with Crippen LogP contribution in [0.1, 0.15) is 0 Å². The molecule has 1 heterocycles. The summed E-state index contributed by atoms with van der Waals surface area (Å²) < 4.78 is 10.6. The van der Waals surface area contributed by atoms with Gasteiger partial charge in [-0.3, -0.25) is 0 Å². The SMILES string of the molecule is C1CNNNNNNNNCOCCOCCN1. The minimum Gasteiger partial charge on any atom is -0.378 e. The summed E-state index contributed by atoms with van der Waals surface area (Å²) in [6, 6.07) is 0. The summed E-state index contributed by atoms with van der Waals surface area (Å²) in [6.45, 7) is 4.60. The largest absolute Gasteiger partial charge is 0.378 e. The Hall–Kier alpha value is -0.440. The van der Waals surface area contributed by atoms with E-state index in [9.17, 15) is 0 Å². The molecule has 11 heteroatoms. The topological polar surface area (TPSA) is 127 Å². The second-order valence-electron chi connectivity index (χ2n) is 3.27. The maximum atomic E-state index is 5.36. The molecule has 9 N–H and O–H groups in total. The van der Waals surface area contributed by atoms with Crippen molar-refractivity contribution >= 4 is 0 Å². The van der Waals surface area contributed by atoms with Crippen LogP contribution < -0.4 is 49.4 Å². The maximum Gasteiger partial charge on any atom is 0.110 e. The summed E-state index contributed by atoms with van der Waals surface area (Å²) in [5.74, 6) is 0. The van der Waals surface area contributed by atoms with Crippen LogP contribution in [0.3, 0.4) is 0 Å². The zero-order chi connectivity index (χ0) is 12.7. The van der Waals surface area contributed by atoms with Crippen LogP contribution in [0.5, 0.6) is 0 Å². The van der Waals surface area contributed by atoms with Crippen LogP contribution in [-0.4, -0.2) is 46.2 Å². The number of hydrazine groups is 7. The van der Waals surface area contributed by atoms with Gasteiger partial charge >= 0.3 is 0 Å². The zero-order valence-corrected chi connectivity index (χ0v) is 10.3. The van der Waals surface area contributed by atoms with Crippen molar-refractivity contribution in [1.82, 2.24) is 49.4 Å². The maximum absolute atomic E-state index is 5.36. The third-order valence-corrected chi connectivity index (χ3v) is 1.89. The lowest BCUT2D eigenvalue weighted by molar-refractivity contribution is 0.0337. The van der Waals surface area contributed by atoms with Crippen molar-refractivity contribution in [3.8, 4) is 0 Å². The molecule has 1 aliphatic heterocycles. The molecule has 1 saturated heterocycles. The van der Waals surface area contributed by atoms with Gasteiger partial charge in [-0.25, -0.2) is 10.9 Å². The van der Waals surface area contributed by atoms with Crippen LogP contribution in [-0.2, 0) is 9.47 Å². The van der Waals surface area contributed by atoms with Crippen LogP contribution in [0.2, 0.25) is 0 Å². The Morgan fingerprint density at radius 3 is 2.17 bits per heavy atom. The molecule has 0 aliphatic carbocycles. The summed E-state index contributed by atoms with van der Waals surface area (Å²) in [6.07, 6.45) is 0. The second-order valence-corrected chi connectivity index (χ2v) is 3.27. The van der Waals surface area contributed by atoms with Gasteiger partial charge in [-0.15, -0.1) is 0 Å². The van der Waals surface area contributed by atoms with Gasteiger partial charge in [-0.1, -0.05) is 0 Å². The van der Waals surface area contributed by atoms with Crippen LogP contribution >= 0.6 is 0 Å². The zero-order valence-electron chi connectivity index (χ0n) is 10.3. The molecule has 0 aromatic heterocycles. The van der Waals surface area contributed by atoms with Crippen molar-refractivity contribution in [3.63, 3.8) is 0 Å². The standard InChI is InChI=1S/C7H23N9O2/c1-2-9-11-13-15-16-14-12-10-7-18-6-5-17-4-3-8-1/h8-16H,1-7H2. The Labute approximate surface area is 106 Å². The Bertz CT molecular complexity index is 99.9. The second kappa shape index (κ2) is 13.0. The summed E-state index contributed by atoms with van der Waals surface area (Å²) in [4.78, 5) is 0. The first-order chi connectivity index (χ1) is 9.00. The van der Waals surface area contributed by atoms with Crippen molar-refractivity contribution in [2.45, 2.75) is 0 Å². The Morgan fingerprint density at radius 1 is 0.556 bits per heavy atom. The summed E-state index contributed by atoms with van der Waals surface area (Å²) >= 11 is 0. The van der Waals surface area contributed by atoms with Gasteiger partial charge < -0.3 is 14.8 Å². The van der Waals surface area contributed by atoms with Gasteiger partial charge in [0.1, 0.15) is 6.73 Å². The first-order valence-electron chi connectivity index (χ1n) is 5.82. The molecule has 18 heavy (non-hydrogen) atoms. The molecule has 0 spiro atoms. The fourth-order valence-corrected chi connectivity index (χ4v) is 1.08. The Morgan fingerprint density at radius 2 is 1.28 bits per heavy atom. The summed E-state index contributed by atoms with van der Waals surface area (Å²) in [5.41, 5.74) is 21.6. The van der Waals surface area contributed by atoms with E-state index >= 15 is 0 Å². The van der Waals surface area contributed by atoms with Gasteiger partial charge in [0.2, 0.25) is 0 Å². The van der Waals surface area contributed by atoms with Crippen molar-refractivity contribution in [2.24, 2.45) is 0 Å². The van der Waals surface area contributed by atoms with Crippen molar-refractivity contribution in [1.29, 1.82) is 0 Å². The van der Waals surface area contributed by atoms with E-state index in [1.807, 2.05) is 0 Å². The highest BCUT2D eigenvalue weighted by Gasteiger charge is 1.91. The molecule has 0 amide bonds. The third-order valence-electron chi connectivity index (χ3n) is 1.89. The molecule has 1 rings (SSSR count). The molecule has 0 atom stereocenters. The Balaban J connectivity index is 2.00. The minimum absolute atomic E-state index is 0.365. The van der Waals surface area contributed by atoms with Gasteiger partial charge in [0.05, 0.1) is 19.8 Å². The quantitative estimate of drug-likeness (QED) is 0.211. The molecule has 1 fully saturated rings. The van der Waals surface area contributed by atoms with Crippen LogP contribution in [0.15, 0.2) is 0 Å². The van der Waals surface area contributed by atoms with E-state index in [4.69, 9.17) is 9.47 Å². The van der Waals surface area contributed by atoms with Gasteiger partial charge in [0.25, 0.3) is 0 Å². The van der Waals surface area contributed by atoms with E-state index in [2.05, 4.69) is 49.4 Å². The lowest BCUT2D eigenvalue weighted by atomic mass is 10.6. The van der Waals surface area contributed by atoms with E-state index in [1.54, 1.807) is 0 Å². The van der Waals surface area contributed by atoms with Crippen LogP contribution in [0.4, 0.5) is 0 Å². The van der Waals surface area contributed by atoms with Gasteiger partial charge in [0.15, 0.2) is 0 Å². The fourth-order valence-electron chi connectivity index (χ4n) is 1.08. The molecule has 0 unspecified atom stereocenters. The van der Waals surface area contributed by atoms with Gasteiger partial charge in [0, 0.05) is 19.6 Å². The summed E-state index contributed by atoms with van der Waals surface area (Å²) in [7, 11) is 0. The molecule has 0 aromatic rings. The van der Waals surface area contributed by atoms with Crippen LogP contribution in [0, 0.1) is 0 Å². The normalized spacial score (nSPS) is 24.0. The molecular weight excluding hydrogens is 242 g/mol. The third kappa shape index (κ3) is 10.7. The first-order valence-corrected chi connectivity index (χ1v) is 5.82. The fraction of sp³-hybridized carbons (Fsp3) is 1.00. The van der Waals surface area contributed by atoms with Crippen LogP contribution in [0.25, 0.3) is 0 Å². The predicted octanol–water partition coefficient (Wildman–Crippen LogP) is -4.30. The van der Waals surface area contributed by atoms with Crippen molar-refractivity contribution in [2.75, 3.05) is 46.2 Å². The van der Waals surface area contributed by atoms with Crippen molar-refractivity contribution < 1.29 is 9.47 Å². The highest BCUT2D eigenvalue weighted by Crippen LogP contribution is 1.76. The molecule has 11 nitrogen and oxygen atoms in total. The first kappa shape index (κ1) is 15.6.